The molecule has 2 aliphatic heterocycles. The fourth-order valence-electron chi connectivity index (χ4n) is 5.90. The molecule has 26 heavy (non-hydrogen) atoms. The van der Waals surface area contributed by atoms with Crippen molar-refractivity contribution in [2.24, 2.45) is 0 Å². The SMILES string of the molecule is CC1(C)CC2(CC(C)(C)N1)OC1(CCCCCCCCCCC1)NC2=O. The molecule has 1 amide bonds. The molecule has 0 aromatic heterocycles. The van der Waals surface area contributed by atoms with E-state index in [1.54, 1.807) is 0 Å². The summed E-state index contributed by atoms with van der Waals surface area (Å²) in [7, 11) is 0. The molecule has 0 atom stereocenters. The lowest BCUT2D eigenvalue weighted by atomic mass is 9.72. The zero-order chi connectivity index (χ0) is 18.9. The van der Waals surface area contributed by atoms with E-state index in [2.05, 4.69) is 38.3 Å². The van der Waals surface area contributed by atoms with Crippen LogP contribution in [0.15, 0.2) is 0 Å². The summed E-state index contributed by atoms with van der Waals surface area (Å²) in [6, 6.07) is 0. The summed E-state index contributed by atoms with van der Waals surface area (Å²) in [6.45, 7) is 8.77. The molecule has 1 saturated carbocycles. The molecule has 0 bridgehead atoms. The van der Waals surface area contributed by atoms with Gasteiger partial charge in [0.25, 0.3) is 5.91 Å². The average molecular weight is 365 g/mol. The van der Waals surface area contributed by atoms with E-state index >= 15 is 0 Å². The van der Waals surface area contributed by atoms with Crippen LogP contribution in [-0.4, -0.2) is 28.3 Å². The zero-order valence-electron chi connectivity index (χ0n) is 17.5. The van der Waals surface area contributed by atoms with Gasteiger partial charge in [-0.3, -0.25) is 4.79 Å². The molecule has 3 fully saturated rings. The molecular formula is C22H40N2O2. The van der Waals surface area contributed by atoms with Crippen molar-refractivity contribution in [3.05, 3.63) is 0 Å². The van der Waals surface area contributed by atoms with E-state index in [1.807, 2.05) is 0 Å². The van der Waals surface area contributed by atoms with Gasteiger partial charge in [-0.15, -0.1) is 0 Å². The number of piperidine rings is 1. The van der Waals surface area contributed by atoms with E-state index < -0.39 is 11.3 Å². The van der Waals surface area contributed by atoms with Crippen LogP contribution in [0.1, 0.15) is 111 Å². The van der Waals surface area contributed by atoms with Gasteiger partial charge in [-0.25, -0.2) is 0 Å². The number of hydrogen-bond donors (Lipinski definition) is 2. The second-order valence-electron chi connectivity index (χ2n) is 10.5. The Balaban J connectivity index is 1.78. The fourth-order valence-corrected chi connectivity index (χ4v) is 5.90. The van der Waals surface area contributed by atoms with Crippen molar-refractivity contribution in [3.63, 3.8) is 0 Å². The quantitative estimate of drug-likeness (QED) is 0.648. The second-order valence-corrected chi connectivity index (χ2v) is 10.5. The first kappa shape index (κ1) is 20.1. The molecule has 2 saturated heterocycles. The fraction of sp³-hybridized carbons (Fsp3) is 0.955. The summed E-state index contributed by atoms with van der Waals surface area (Å²) in [6.07, 6.45) is 15.0. The van der Waals surface area contributed by atoms with Gasteiger partial charge < -0.3 is 15.4 Å². The molecular weight excluding hydrogens is 324 g/mol. The third-order valence-corrected chi connectivity index (χ3v) is 6.44. The zero-order valence-corrected chi connectivity index (χ0v) is 17.5. The van der Waals surface area contributed by atoms with Crippen LogP contribution in [0.4, 0.5) is 0 Å². The Kier molecular flexibility index (Phi) is 5.75. The third kappa shape index (κ3) is 4.62. The largest absolute Gasteiger partial charge is 0.339 e. The standard InChI is InChI=1S/C22H40N2O2/c1-19(2)16-21(17-20(3,4)24-19)18(25)23-22(26-21)14-12-10-8-6-5-7-9-11-13-15-22/h24H,5-17H2,1-4H3,(H,23,25). The van der Waals surface area contributed by atoms with Crippen LogP contribution < -0.4 is 10.6 Å². The van der Waals surface area contributed by atoms with Gasteiger partial charge in [-0.1, -0.05) is 44.9 Å². The van der Waals surface area contributed by atoms with Gasteiger partial charge >= 0.3 is 0 Å². The minimum Gasteiger partial charge on any atom is -0.339 e. The van der Waals surface area contributed by atoms with Gasteiger partial charge in [-0.2, -0.15) is 0 Å². The first-order valence-corrected chi connectivity index (χ1v) is 11.0. The summed E-state index contributed by atoms with van der Waals surface area (Å²) in [4.78, 5) is 13.2. The highest BCUT2D eigenvalue weighted by Crippen LogP contribution is 2.46. The van der Waals surface area contributed by atoms with Crippen molar-refractivity contribution in [1.82, 2.24) is 10.6 Å². The first-order chi connectivity index (χ1) is 12.2. The molecule has 1 aliphatic carbocycles. The second kappa shape index (κ2) is 7.43. The summed E-state index contributed by atoms with van der Waals surface area (Å²) in [5.74, 6) is 0.132. The minimum absolute atomic E-state index is 0.101. The number of nitrogens with one attached hydrogen (secondary N) is 2. The van der Waals surface area contributed by atoms with Crippen molar-refractivity contribution in [2.75, 3.05) is 0 Å². The first-order valence-electron chi connectivity index (χ1n) is 11.0. The molecule has 0 unspecified atom stereocenters. The van der Waals surface area contributed by atoms with Crippen molar-refractivity contribution < 1.29 is 9.53 Å². The van der Waals surface area contributed by atoms with Crippen molar-refractivity contribution >= 4 is 5.91 Å². The maximum atomic E-state index is 13.2. The normalized spacial score (nSPS) is 31.2. The number of carbonyl (C=O) groups is 1. The van der Waals surface area contributed by atoms with Gasteiger partial charge in [0.15, 0.2) is 5.60 Å². The Morgan fingerprint density at radius 2 is 1.15 bits per heavy atom. The van der Waals surface area contributed by atoms with Gasteiger partial charge in [0.1, 0.15) is 5.72 Å². The predicted octanol–water partition coefficient (Wildman–Crippen LogP) is 4.81. The van der Waals surface area contributed by atoms with E-state index in [0.29, 0.717) is 0 Å². The van der Waals surface area contributed by atoms with E-state index in [4.69, 9.17) is 4.74 Å². The van der Waals surface area contributed by atoms with Gasteiger partial charge in [0.2, 0.25) is 0 Å². The molecule has 2 N–H and O–H groups in total. The maximum absolute atomic E-state index is 13.2. The third-order valence-electron chi connectivity index (χ3n) is 6.44. The smallest absolute Gasteiger partial charge is 0.254 e. The number of hydrogen-bond acceptors (Lipinski definition) is 3. The van der Waals surface area contributed by atoms with Crippen molar-refractivity contribution in [1.29, 1.82) is 0 Å². The number of carbonyl (C=O) groups excluding carboxylic acids is 1. The molecule has 4 nitrogen and oxygen atoms in total. The van der Waals surface area contributed by atoms with Crippen LogP contribution in [0.5, 0.6) is 0 Å². The molecule has 150 valence electrons. The average Bonchev–Trinajstić information content (AvgIpc) is 2.71. The summed E-state index contributed by atoms with van der Waals surface area (Å²) in [5, 5.41) is 7.06. The lowest BCUT2D eigenvalue weighted by Crippen LogP contribution is -2.65. The van der Waals surface area contributed by atoms with Crippen LogP contribution in [0.2, 0.25) is 0 Å². The Labute approximate surface area is 160 Å². The van der Waals surface area contributed by atoms with E-state index in [-0.39, 0.29) is 17.0 Å². The number of ether oxygens (including phenoxy) is 1. The Hall–Kier alpha value is -0.610. The molecule has 4 heteroatoms. The number of rotatable bonds is 0. The monoisotopic (exact) mass is 364 g/mol. The maximum Gasteiger partial charge on any atom is 0.254 e. The predicted molar refractivity (Wildman–Crippen MR) is 106 cm³/mol. The van der Waals surface area contributed by atoms with Crippen LogP contribution in [-0.2, 0) is 9.53 Å². The highest BCUT2D eigenvalue weighted by molar-refractivity contribution is 5.88. The Bertz CT molecular complexity index is 484. The van der Waals surface area contributed by atoms with E-state index in [9.17, 15) is 4.79 Å². The lowest BCUT2D eigenvalue weighted by molar-refractivity contribution is -0.165. The summed E-state index contributed by atoms with van der Waals surface area (Å²) in [5.41, 5.74) is -1.30. The summed E-state index contributed by atoms with van der Waals surface area (Å²) < 4.78 is 6.81. The van der Waals surface area contributed by atoms with Crippen molar-refractivity contribution in [2.45, 2.75) is 134 Å². The molecule has 2 spiro atoms. The highest BCUT2D eigenvalue weighted by Gasteiger charge is 2.60. The van der Waals surface area contributed by atoms with E-state index in [0.717, 1.165) is 38.5 Å². The van der Waals surface area contributed by atoms with Crippen LogP contribution in [0.25, 0.3) is 0 Å². The molecule has 3 aliphatic rings. The van der Waals surface area contributed by atoms with Crippen molar-refractivity contribution in [3.8, 4) is 0 Å². The molecule has 0 aromatic carbocycles. The molecule has 0 aromatic rings. The summed E-state index contributed by atoms with van der Waals surface area (Å²) >= 11 is 0. The highest BCUT2D eigenvalue weighted by atomic mass is 16.6. The van der Waals surface area contributed by atoms with Crippen LogP contribution in [0, 0.1) is 0 Å². The van der Waals surface area contributed by atoms with Gasteiger partial charge in [-0.05, 0) is 53.4 Å². The topological polar surface area (TPSA) is 50.4 Å². The molecule has 2 heterocycles. The Morgan fingerprint density at radius 3 is 1.62 bits per heavy atom. The Morgan fingerprint density at radius 1 is 0.731 bits per heavy atom. The van der Waals surface area contributed by atoms with Gasteiger partial charge in [0, 0.05) is 23.9 Å². The van der Waals surface area contributed by atoms with Crippen LogP contribution in [0.3, 0.4) is 0 Å². The number of amides is 1. The minimum atomic E-state index is -0.671. The van der Waals surface area contributed by atoms with Gasteiger partial charge in [0.05, 0.1) is 0 Å². The van der Waals surface area contributed by atoms with E-state index in [1.165, 1.54) is 44.9 Å². The lowest BCUT2D eigenvalue weighted by Gasteiger charge is -2.50. The van der Waals surface area contributed by atoms with Crippen LogP contribution >= 0.6 is 0 Å². The molecule has 3 rings (SSSR count). The molecule has 0 radical (unpaired) electrons.